The van der Waals surface area contributed by atoms with Crippen LogP contribution in [-0.4, -0.2) is 23.7 Å². The number of hydrogen-bond acceptors (Lipinski definition) is 3. The van der Waals surface area contributed by atoms with Gasteiger partial charge < -0.3 is 13.7 Å². The van der Waals surface area contributed by atoms with Crippen molar-refractivity contribution in [1.82, 2.24) is 23.7 Å². The summed E-state index contributed by atoms with van der Waals surface area (Å²) < 4.78 is 9.79. The van der Waals surface area contributed by atoms with Gasteiger partial charge in [-0.15, -0.1) is 11.3 Å². The van der Waals surface area contributed by atoms with Gasteiger partial charge in [0, 0.05) is 76.0 Å². The molecule has 0 atom stereocenters. The molecular weight excluding hydrogens is 943 g/mol. The van der Waals surface area contributed by atoms with Crippen LogP contribution in [0.5, 0.6) is 0 Å². The van der Waals surface area contributed by atoms with E-state index in [2.05, 4.69) is 268 Å². The summed E-state index contributed by atoms with van der Waals surface area (Å²) in [6.07, 6.45) is 0. The highest BCUT2D eigenvalue weighted by atomic mass is 32.1. The Morgan fingerprint density at radius 3 is 1.33 bits per heavy atom. The number of benzene rings is 11. The van der Waals surface area contributed by atoms with Gasteiger partial charge in [-0.1, -0.05) is 194 Å². The minimum absolute atomic E-state index is 0.709. The van der Waals surface area contributed by atoms with E-state index in [1.54, 1.807) is 11.3 Å². The SMILES string of the molecule is c1ccc(-c2nc(-c3cc(-c4ccccc4)c(-n4c5ccccc5c5c4ccc4c6ccc7c(c8ccccc8n7-c7ccccc7)c6n(-c6ccccc6)c45)c(-c4ccccc4)c3)c3sc4ccccc4c3n2)cc1. The molecule has 76 heavy (non-hydrogen) atoms. The Hall–Kier alpha value is -9.88. The van der Waals surface area contributed by atoms with Gasteiger partial charge in [0.25, 0.3) is 0 Å². The summed E-state index contributed by atoms with van der Waals surface area (Å²) >= 11 is 1.77. The number of aromatic nitrogens is 5. The zero-order valence-electron chi connectivity index (χ0n) is 41.0. The van der Waals surface area contributed by atoms with E-state index in [0.29, 0.717) is 5.82 Å². The molecule has 0 N–H and O–H groups in total. The number of hydrogen-bond donors (Lipinski definition) is 0. The summed E-state index contributed by atoms with van der Waals surface area (Å²) in [5, 5.41) is 8.40. The van der Waals surface area contributed by atoms with Gasteiger partial charge in [-0.25, -0.2) is 9.97 Å². The fourth-order valence-electron chi connectivity index (χ4n) is 12.2. The van der Waals surface area contributed by atoms with Crippen molar-refractivity contribution in [2.75, 3.05) is 0 Å². The molecule has 0 radical (unpaired) electrons. The predicted molar refractivity (Wildman–Crippen MR) is 320 cm³/mol. The third kappa shape index (κ3) is 6.32. The van der Waals surface area contributed by atoms with E-state index < -0.39 is 0 Å². The molecule has 16 rings (SSSR count). The molecule has 0 aliphatic rings. The third-order valence-electron chi connectivity index (χ3n) is 15.4. The van der Waals surface area contributed by atoms with Crippen LogP contribution in [0.2, 0.25) is 0 Å². The minimum Gasteiger partial charge on any atom is -0.309 e. The van der Waals surface area contributed by atoms with Crippen molar-refractivity contribution >= 4 is 97.1 Å². The molecule has 0 aliphatic heterocycles. The summed E-state index contributed by atoms with van der Waals surface area (Å²) in [4.78, 5) is 10.9. The first-order chi connectivity index (χ1) is 37.7. The van der Waals surface area contributed by atoms with Crippen molar-refractivity contribution in [1.29, 1.82) is 0 Å². The van der Waals surface area contributed by atoms with E-state index in [1.165, 1.54) is 59.1 Å². The van der Waals surface area contributed by atoms with Crippen LogP contribution >= 0.6 is 11.3 Å². The second-order valence-corrected chi connectivity index (χ2v) is 20.7. The Morgan fingerprint density at radius 1 is 0.316 bits per heavy atom. The van der Waals surface area contributed by atoms with Crippen LogP contribution in [0.3, 0.4) is 0 Å². The van der Waals surface area contributed by atoms with Crippen LogP contribution < -0.4 is 0 Å². The summed E-state index contributed by atoms with van der Waals surface area (Å²) in [6, 6.07) is 94.6. The second kappa shape index (κ2) is 16.8. The lowest BCUT2D eigenvalue weighted by atomic mass is 9.91. The molecule has 5 aromatic heterocycles. The molecule has 11 aromatic carbocycles. The maximum atomic E-state index is 5.54. The number of fused-ring (bicyclic) bond motifs is 14. The Bertz CT molecular complexity index is 4900. The summed E-state index contributed by atoms with van der Waals surface area (Å²) in [6.45, 7) is 0. The zero-order chi connectivity index (χ0) is 49.8. The van der Waals surface area contributed by atoms with Crippen molar-refractivity contribution in [3.63, 3.8) is 0 Å². The smallest absolute Gasteiger partial charge is 0.160 e. The molecule has 0 amide bonds. The molecule has 354 valence electrons. The normalized spacial score (nSPS) is 11.9. The Morgan fingerprint density at radius 2 is 0.763 bits per heavy atom. The molecular formula is C70H43N5S. The van der Waals surface area contributed by atoms with Gasteiger partial charge >= 0.3 is 0 Å². The van der Waals surface area contributed by atoms with E-state index in [1.807, 2.05) is 6.07 Å². The van der Waals surface area contributed by atoms with Gasteiger partial charge in [0.2, 0.25) is 0 Å². The highest BCUT2D eigenvalue weighted by Crippen LogP contribution is 2.50. The molecule has 0 spiro atoms. The van der Waals surface area contributed by atoms with E-state index in [4.69, 9.17) is 9.97 Å². The Labute approximate surface area is 441 Å². The second-order valence-electron chi connectivity index (χ2n) is 19.6. The highest BCUT2D eigenvalue weighted by molar-refractivity contribution is 7.26. The molecule has 0 bridgehead atoms. The van der Waals surface area contributed by atoms with Gasteiger partial charge in [0.05, 0.1) is 54.7 Å². The summed E-state index contributed by atoms with van der Waals surface area (Å²) in [5.41, 5.74) is 18.7. The van der Waals surface area contributed by atoms with Crippen molar-refractivity contribution in [3.05, 3.63) is 261 Å². The van der Waals surface area contributed by atoms with Crippen molar-refractivity contribution in [2.45, 2.75) is 0 Å². The van der Waals surface area contributed by atoms with E-state index in [-0.39, 0.29) is 0 Å². The van der Waals surface area contributed by atoms with E-state index in [0.717, 1.165) is 82.8 Å². The van der Waals surface area contributed by atoms with Gasteiger partial charge in [-0.2, -0.15) is 0 Å². The highest BCUT2D eigenvalue weighted by Gasteiger charge is 2.28. The number of para-hydroxylation sites is 4. The first-order valence-electron chi connectivity index (χ1n) is 25.8. The van der Waals surface area contributed by atoms with Crippen molar-refractivity contribution in [2.24, 2.45) is 0 Å². The Kier molecular flexibility index (Phi) is 9.44. The quantitative estimate of drug-likeness (QED) is 0.160. The number of rotatable bonds is 7. The summed E-state index contributed by atoms with van der Waals surface area (Å²) in [5.74, 6) is 0.709. The van der Waals surface area contributed by atoms with Gasteiger partial charge in [-0.05, 0) is 77.9 Å². The maximum absolute atomic E-state index is 5.54. The first kappa shape index (κ1) is 42.6. The average Bonchev–Trinajstić information content (AvgIpc) is 4.37. The van der Waals surface area contributed by atoms with Crippen LogP contribution in [0.1, 0.15) is 0 Å². The van der Waals surface area contributed by atoms with Crippen LogP contribution in [0.25, 0.3) is 148 Å². The lowest BCUT2D eigenvalue weighted by Gasteiger charge is -2.21. The van der Waals surface area contributed by atoms with Crippen molar-refractivity contribution < 1.29 is 0 Å². The monoisotopic (exact) mass is 985 g/mol. The van der Waals surface area contributed by atoms with E-state index in [9.17, 15) is 0 Å². The standard InChI is InChI=1S/C70H43N5S/c1-6-22-44(23-7-1)55-42-47(64-69-65(54-34-18-21-37-61(54)76-69)72-70(71-64)46-26-10-3-11-27-46)43-56(45-24-8-2-9-25-45)66(55)75-58-36-20-17-33-53(58)63-60(75)41-39-51-50-38-40-59-62(67(50)74(68(51)63)49-30-14-5-15-31-49)52-32-16-19-35-57(52)73(59)48-28-12-4-13-29-48/h1-43H. The number of nitrogens with zero attached hydrogens (tertiary/aromatic N) is 5. The van der Waals surface area contributed by atoms with Crippen LogP contribution in [0, 0.1) is 0 Å². The lowest BCUT2D eigenvalue weighted by molar-refractivity contribution is 1.17. The molecule has 5 nitrogen and oxygen atoms in total. The van der Waals surface area contributed by atoms with Crippen LogP contribution in [0.15, 0.2) is 261 Å². The topological polar surface area (TPSA) is 40.6 Å². The average molecular weight is 986 g/mol. The molecule has 16 aromatic rings. The Balaban J connectivity index is 1.06. The molecule has 0 saturated heterocycles. The molecule has 0 saturated carbocycles. The number of thiophene rings is 1. The minimum atomic E-state index is 0.709. The lowest BCUT2D eigenvalue weighted by Crippen LogP contribution is -2.02. The largest absolute Gasteiger partial charge is 0.309 e. The fourth-order valence-corrected chi connectivity index (χ4v) is 13.4. The van der Waals surface area contributed by atoms with Crippen molar-refractivity contribution in [3.8, 4) is 62.0 Å². The molecule has 0 fully saturated rings. The van der Waals surface area contributed by atoms with Crippen LogP contribution in [0.4, 0.5) is 0 Å². The molecule has 0 aliphatic carbocycles. The molecule has 6 heteroatoms. The zero-order valence-corrected chi connectivity index (χ0v) is 41.8. The third-order valence-corrected chi connectivity index (χ3v) is 16.6. The first-order valence-corrected chi connectivity index (χ1v) is 26.6. The fraction of sp³-hybridized carbons (Fsp3) is 0. The van der Waals surface area contributed by atoms with Gasteiger partial charge in [0.15, 0.2) is 5.82 Å². The molecule has 5 heterocycles. The maximum Gasteiger partial charge on any atom is 0.160 e. The van der Waals surface area contributed by atoms with Gasteiger partial charge in [0.1, 0.15) is 0 Å². The molecule has 0 unspecified atom stereocenters. The predicted octanol–water partition coefficient (Wildman–Crippen LogP) is 18.8. The van der Waals surface area contributed by atoms with Gasteiger partial charge in [-0.3, -0.25) is 0 Å². The van der Waals surface area contributed by atoms with E-state index >= 15 is 0 Å². The van der Waals surface area contributed by atoms with Crippen LogP contribution in [-0.2, 0) is 0 Å². The summed E-state index contributed by atoms with van der Waals surface area (Å²) in [7, 11) is 0.